The highest BCUT2D eigenvalue weighted by Gasteiger charge is 2.31. The lowest BCUT2D eigenvalue weighted by Gasteiger charge is -2.12. The lowest BCUT2D eigenvalue weighted by atomic mass is 10.2. The molecule has 0 spiro atoms. The number of aromatic nitrogens is 1. The average Bonchev–Trinajstić information content (AvgIpc) is 2.40. The van der Waals surface area contributed by atoms with E-state index in [2.05, 4.69) is 15.9 Å². The maximum absolute atomic E-state index is 13.8. The maximum Gasteiger partial charge on any atom is 0.417 e. The first-order valence-electron chi connectivity index (χ1n) is 5.60. The van der Waals surface area contributed by atoms with Crippen molar-refractivity contribution in [3.05, 3.63) is 68.1 Å². The molecule has 21 heavy (non-hydrogen) atoms. The van der Waals surface area contributed by atoms with Gasteiger partial charge in [-0.25, -0.2) is 8.78 Å². The van der Waals surface area contributed by atoms with Crippen LogP contribution in [0, 0.1) is 11.6 Å². The van der Waals surface area contributed by atoms with Crippen LogP contribution in [0.2, 0.25) is 0 Å². The summed E-state index contributed by atoms with van der Waals surface area (Å²) in [6.45, 7) is -0.639. The molecule has 0 N–H and O–H groups in total. The van der Waals surface area contributed by atoms with Gasteiger partial charge < -0.3 is 4.57 Å². The van der Waals surface area contributed by atoms with Crippen molar-refractivity contribution in [2.24, 2.45) is 0 Å². The molecule has 0 fully saturated rings. The van der Waals surface area contributed by atoms with E-state index in [4.69, 9.17) is 0 Å². The summed E-state index contributed by atoms with van der Waals surface area (Å²) in [6, 6.07) is 3.41. The molecule has 0 aliphatic rings. The normalized spacial score (nSPS) is 11.7. The Balaban J connectivity index is 2.50. The quantitative estimate of drug-likeness (QED) is 0.581. The lowest BCUT2D eigenvalue weighted by Crippen LogP contribution is -2.22. The summed E-state index contributed by atoms with van der Waals surface area (Å²) in [5, 5.41) is 0. The summed E-state index contributed by atoms with van der Waals surface area (Å²) in [5.41, 5.74) is -2.36. The molecule has 0 amide bonds. The van der Waals surface area contributed by atoms with E-state index >= 15 is 0 Å². The van der Waals surface area contributed by atoms with E-state index in [0.29, 0.717) is 22.9 Å². The first-order valence-corrected chi connectivity index (χ1v) is 6.39. The summed E-state index contributed by atoms with van der Waals surface area (Å²) in [5.74, 6) is -1.90. The van der Waals surface area contributed by atoms with E-state index in [1.54, 1.807) is 0 Å². The number of nitrogens with zero attached hydrogens (tertiary/aromatic N) is 1. The molecule has 0 unspecified atom stereocenters. The van der Waals surface area contributed by atoms with Gasteiger partial charge >= 0.3 is 6.18 Å². The largest absolute Gasteiger partial charge is 0.417 e. The Morgan fingerprint density at radius 2 is 1.76 bits per heavy atom. The highest BCUT2D eigenvalue weighted by atomic mass is 79.9. The van der Waals surface area contributed by atoms with Crippen LogP contribution in [0.5, 0.6) is 0 Å². The first kappa shape index (κ1) is 15.7. The molecule has 1 aromatic heterocycles. The standard InChI is InChI=1S/C13H7BrF5NO/c14-9-2-3-10(15)8(12(9)16)6-20-5-7(13(17,18)19)1-4-11(20)21/h1-5H,6H2. The fraction of sp³-hybridized carbons (Fsp3) is 0.154. The lowest BCUT2D eigenvalue weighted by molar-refractivity contribution is -0.138. The molecule has 0 bridgehead atoms. The van der Waals surface area contributed by atoms with E-state index in [0.717, 1.165) is 12.1 Å². The van der Waals surface area contributed by atoms with Crippen LogP contribution in [0.1, 0.15) is 11.1 Å². The molecular weight excluding hydrogens is 361 g/mol. The molecule has 8 heteroatoms. The highest BCUT2D eigenvalue weighted by molar-refractivity contribution is 9.10. The summed E-state index contributed by atoms with van der Waals surface area (Å²) in [4.78, 5) is 11.5. The van der Waals surface area contributed by atoms with Gasteiger partial charge in [-0.15, -0.1) is 0 Å². The third-order valence-electron chi connectivity index (χ3n) is 2.78. The van der Waals surface area contributed by atoms with Gasteiger partial charge in [0.15, 0.2) is 0 Å². The monoisotopic (exact) mass is 367 g/mol. The molecule has 2 rings (SSSR count). The topological polar surface area (TPSA) is 22.0 Å². The van der Waals surface area contributed by atoms with Gasteiger partial charge in [0.05, 0.1) is 16.6 Å². The van der Waals surface area contributed by atoms with Crippen LogP contribution < -0.4 is 5.56 Å². The van der Waals surface area contributed by atoms with E-state index in [1.807, 2.05) is 0 Å². The Morgan fingerprint density at radius 1 is 1.10 bits per heavy atom. The third-order valence-corrected chi connectivity index (χ3v) is 3.39. The third kappa shape index (κ3) is 3.31. The molecule has 1 heterocycles. The van der Waals surface area contributed by atoms with Gasteiger partial charge in [-0.2, -0.15) is 13.2 Å². The SMILES string of the molecule is O=c1ccc(C(F)(F)F)cn1Cc1c(F)ccc(Br)c1F. The number of hydrogen-bond acceptors (Lipinski definition) is 1. The summed E-state index contributed by atoms with van der Waals surface area (Å²) in [6.07, 6.45) is -4.12. The van der Waals surface area contributed by atoms with Crippen LogP contribution in [0.3, 0.4) is 0 Å². The van der Waals surface area contributed by atoms with Crippen molar-refractivity contribution in [3.63, 3.8) is 0 Å². The number of pyridine rings is 1. The van der Waals surface area contributed by atoms with Crippen LogP contribution in [0.15, 0.2) is 39.7 Å². The van der Waals surface area contributed by atoms with Gasteiger partial charge in [0.1, 0.15) is 11.6 Å². The maximum atomic E-state index is 13.8. The molecular formula is C13H7BrF5NO. The zero-order valence-corrected chi connectivity index (χ0v) is 11.8. The first-order chi connectivity index (χ1) is 9.70. The van der Waals surface area contributed by atoms with Crippen LogP contribution in [-0.2, 0) is 12.7 Å². The second-order valence-corrected chi connectivity index (χ2v) is 5.06. The number of halogens is 6. The van der Waals surface area contributed by atoms with Gasteiger partial charge in [-0.3, -0.25) is 4.79 Å². The number of hydrogen-bond donors (Lipinski definition) is 0. The van der Waals surface area contributed by atoms with Gasteiger partial charge in [0, 0.05) is 17.8 Å². The van der Waals surface area contributed by atoms with Gasteiger partial charge in [-0.05, 0) is 34.1 Å². The fourth-order valence-corrected chi connectivity index (χ4v) is 2.08. The zero-order valence-electron chi connectivity index (χ0n) is 10.2. The molecule has 2 aromatic rings. The molecule has 0 saturated heterocycles. The van der Waals surface area contributed by atoms with Crippen LogP contribution in [-0.4, -0.2) is 4.57 Å². The molecule has 2 nitrogen and oxygen atoms in total. The van der Waals surface area contributed by atoms with E-state index < -0.39 is 41.0 Å². The van der Waals surface area contributed by atoms with Gasteiger partial charge in [-0.1, -0.05) is 0 Å². The van der Waals surface area contributed by atoms with Crippen molar-refractivity contribution in [1.82, 2.24) is 4.57 Å². The van der Waals surface area contributed by atoms with Crippen molar-refractivity contribution >= 4 is 15.9 Å². The number of rotatable bonds is 2. The number of benzene rings is 1. The Labute approximate surface area is 124 Å². The molecule has 1 aromatic carbocycles. The average molecular weight is 368 g/mol. The second kappa shape index (κ2) is 5.59. The van der Waals surface area contributed by atoms with Gasteiger partial charge in [0.2, 0.25) is 0 Å². The Bertz CT molecular complexity index is 738. The minimum absolute atomic E-state index is 0.0427. The molecule has 0 aliphatic carbocycles. The van der Waals surface area contributed by atoms with Crippen LogP contribution in [0.4, 0.5) is 22.0 Å². The summed E-state index contributed by atoms with van der Waals surface area (Å²) < 4.78 is 65.7. The predicted octanol–water partition coefficient (Wildman–Crippen LogP) is 3.96. The van der Waals surface area contributed by atoms with Crippen molar-refractivity contribution in [1.29, 1.82) is 0 Å². The Hall–Kier alpha value is -1.70. The minimum atomic E-state index is -4.65. The van der Waals surface area contributed by atoms with Crippen molar-refractivity contribution in [2.45, 2.75) is 12.7 Å². The van der Waals surface area contributed by atoms with E-state index in [1.165, 1.54) is 0 Å². The summed E-state index contributed by atoms with van der Waals surface area (Å²) >= 11 is 2.85. The van der Waals surface area contributed by atoms with E-state index in [9.17, 15) is 26.7 Å². The fourth-order valence-electron chi connectivity index (χ4n) is 1.71. The van der Waals surface area contributed by atoms with Crippen molar-refractivity contribution in [3.8, 4) is 0 Å². The smallest absolute Gasteiger partial charge is 0.310 e. The second-order valence-electron chi connectivity index (χ2n) is 4.20. The van der Waals surface area contributed by atoms with E-state index in [-0.39, 0.29) is 4.47 Å². The Kier molecular flexibility index (Phi) is 4.18. The molecule has 0 atom stereocenters. The molecule has 0 saturated carbocycles. The Morgan fingerprint density at radius 3 is 2.38 bits per heavy atom. The van der Waals surface area contributed by atoms with Crippen molar-refractivity contribution in [2.75, 3.05) is 0 Å². The van der Waals surface area contributed by atoms with Crippen molar-refractivity contribution < 1.29 is 22.0 Å². The molecule has 112 valence electrons. The van der Waals surface area contributed by atoms with Crippen LogP contribution in [0.25, 0.3) is 0 Å². The highest BCUT2D eigenvalue weighted by Crippen LogP contribution is 2.28. The number of alkyl halides is 3. The summed E-state index contributed by atoms with van der Waals surface area (Å²) in [7, 11) is 0. The predicted molar refractivity (Wildman–Crippen MR) is 68.9 cm³/mol. The van der Waals surface area contributed by atoms with Crippen LogP contribution >= 0.6 is 15.9 Å². The molecule has 0 radical (unpaired) electrons. The molecule has 0 aliphatic heterocycles. The van der Waals surface area contributed by atoms with Gasteiger partial charge in [0.25, 0.3) is 5.56 Å². The minimum Gasteiger partial charge on any atom is -0.310 e. The zero-order chi connectivity index (χ0) is 15.8.